The van der Waals surface area contributed by atoms with Crippen molar-refractivity contribution in [1.82, 2.24) is 0 Å². The zero-order chi connectivity index (χ0) is 11.6. The number of hydrogen-bond acceptors (Lipinski definition) is 2. The maximum absolute atomic E-state index is 13.2. The van der Waals surface area contributed by atoms with E-state index in [4.69, 9.17) is 5.41 Å². The highest BCUT2D eigenvalue weighted by atomic mass is 32.1. The lowest BCUT2D eigenvalue weighted by atomic mass is 9.85. The number of allylic oxidation sites excluding steroid dienone is 2. The number of nitrogens with one attached hydrogen (secondary N) is 1. The van der Waals surface area contributed by atoms with Crippen LogP contribution in [0.25, 0.3) is 0 Å². The summed E-state index contributed by atoms with van der Waals surface area (Å²) in [5, 5.41) is 8.38. The Hall–Kier alpha value is -0.780. The highest BCUT2D eigenvalue weighted by molar-refractivity contribution is 7.80. The monoisotopic (exact) mass is 239 g/mol. The molecule has 1 aliphatic rings. The lowest BCUT2D eigenvalue weighted by Gasteiger charge is -2.25. The molecular weight excluding hydrogens is 230 g/mol. The van der Waals surface area contributed by atoms with Crippen LogP contribution in [0.2, 0.25) is 0 Å². The van der Waals surface area contributed by atoms with Gasteiger partial charge in [-0.25, -0.2) is 4.39 Å². The molecule has 15 heavy (non-hydrogen) atoms. The van der Waals surface area contributed by atoms with E-state index < -0.39 is 23.8 Å². The predicted octanol–water partition coefficient (Wildman–Crippen LogP) is 3.24. The summed E-state index contributed by atoms with van der Waals surface area (Å²) < 4.78 is 49.8. The van der Waals surface area contributed by atoms with Gasteiger partial charge in [-0.1, -0.05) is 18.3 Å². The molecule has 0 saturated heterocycles. The van der Waals surface area contributed by atoms with Crippen LogP contribution in [0.4, 0.5) is 17.6 Å². The minimum absolute atomic E-state index is 0.0186. The van der Waals surface area contributed by atoms with Crippen LogP contribution in [0.3, 0.4) is 0 Å². The summed E-state index contributed by atoms with van der Waals surface area (Å²) in [5.41, 5.74) is -1.11. The second kappa shape index (κ2) is 4.38. The molecule has 2 atom stereocenters. The molecule has 0 aromatic heterocycles. The Morgan fingerprint density at radius 1 is 1.53 bits per heavy atom. The Morgan fingerprint density at radius 2 is 2.13 bits per heavy atom. The van der Waals surface area contributed by atoms with Crippen molar-refractivity contribution in [3.63, 3.8) is 0 Å². The second-order valence-electron chi connectivity index (χ2n) is 3.37. The molecule has 0 bridgehead atoms. The van der Waals surface area contributed by atoms with Gasteiger partial charge in [0.05, 0.1) is 5.57 Å². The molecule has 0 heterocycles. The Balaban J connectivity index is 2.80. The molecule has 1 rings (SSSR count). The summed E-state index contributed by atoms with van der Waals surface area (Å²) in [6.45, 7) is 0. The molecule has 0 aliphatic heterocycles. The van der Waals surface area contributed by atoms with Crippen LogP contribution in [0.1, 0.15) is 12.8 Å². The lowest BCUT2D eigenvalue weighted by molar-refractivity contribution is -0.102. The quantitative estimate of drug-likeness (QED) is 0.340. The normalized spacial score (nSPS) is 27.1. The van der Waals surface area contributed by atoms with E-state index in [0.717, 1.165) is 11.4 Å². The molecular formula is C9H9F4NS. The molecule has 1 nitrogen and oxygen atoms in total. The van der Waals surface area contributed by atoms with Gasteiger partial charge in [0.1, 0.15) is 6.17 Å². The van der Waals surface area contributed by atoms with Crippen LogP contribution >= 0.6 is 12.2 Å². The summed E-state index contributed by atoms with van der Waals surface area (Å²) >= 11 is 4.48. The number of hydrogen-bond donors (Lipinski definition) is 1. The van der Waals surface area contributed by atoms with Crippen molar-refractivity contribution >= 4 is 23.3 Å². The van der Waals surface area contributed by atoms with Gasteiger partial charge in [0, 0.05) is 17.0 Å². The molecule has 0 aromatic rings. The van der Waals surface area contributed by atoms with Crippen LogP contribution < -0.4 is 0 Å². The fourth-order valence-electron chi connectivity index (χ4n) is 1.51. The molecule has 84 valence electrons. The highest BCUT2D eigenvalue weighted by Crippen LogP contribution is 2.37. The topological polar surface area (TPSA) is 23.9 Å². The first kappa shape index (κ1) is 12.3. The van der Waals surface area contributed by atoms with Gasteiger partial charge in [-0.3, -0.25) is 0 Å². The van der Waals surface area contributed by atoms with Crippen LogP contribution in [0.15, 0.2) is 11.6 Å². The van der Waals surface area contributed by atoms with E-state index in [1.54, 1.807) is 0 Å². The van der Waals surface area contributed by atoms with Crippen molar-refractivity contribution in [2.24, 2.45) is 5.92 Å². The van der Waals surface area contributed by atoms with Crippen molar-refractivity contribution in [1.29, 1.82) is 5.41 Å². The van der Waals surface area contributed by atoms with E-state index in [-0.39, 0.29) is 18.6 Å². The molecule has 6 heteroatoms. The van der Waals surface area contributed by atoms with Crippen LogP contribution in [0.5, 0.6) is 0 Å². The molecule has 0 amide bonds. The third-order valence-electron chi connectivity index (χ3n) is 2.35. The van der Waals surface area contributed by atoms with E-state index in [1.807, 2.05) is 0 Å². The van der Waals surface area contributed by atoms with E-state index in [1.165, 1.54) is 0 Å². The fourth-order valence-corrected chi connectivity index (χ4v) is 1.71. The molecule has 2 unspecified atom stereocenters. The number of rotatable bonds is 2. The molecule has 0 saturated carbocycles. The summed E-state index contributed by atoms with van der Waals surface area (Å²) in [6.07, 6.45) is -6.10. The van der Waals surface area contributed by atoms with Crippen molar-refractivity contribution < 1.29 is 17.6 Å². The largest absolute Gasteiger partial charge is 0.415 e. The Morgan fingerprint density at radius 3 is 2.53 bits per heavy atom. The minimum Gasteiger partial charge on any atom is -0.304 e. The first-order chi connectivity index (χ1) is 6.86. The average Bonchev–Trinajstić information content (AvgIpc) is 2.14. The zero-order valence-electron chi connectivity index (χ0n) is 7.64. The summed E-state index contributed by atoms with van der Waals surface area (Å²) in [5.74, 6) is -0.524. The Kier molecular flexibility index (Phi) is 3.59. The second-order valence-corrected chi connectivity index (χ2v) is 3.60. The average molecular weight is 239 g/mol. The van der Waals surface area contributed by atoms with Crippen molar-refractivity contribution in [2.75, 3.05) is 0 Å². The van der Waals surface area contributed by atoms with Gasteiger partial charge >= 0.3 is 6.18 Å². The molecule has 0 spiro atoms. The molecule has 1 N–H and O–H groups in total. The van der Waals surface area contributed by atoms with Gasteiger partial charge in [0.2, 0.25) is 0 Å². The number of halogens is 4. The SMILES string of the molecule is N=C(C=S)C1CC=C(C(F)(F)F)C(F)C1. The van der Waals surface area contributed by atoms with Crippen molar-refractivity contribution in [3.8, 4) is 0 Å². The number of alkyl halides is 4. The summed E-state index contributed by atoms with van der Waals surface area (Å²) in [7, 11) is 0. The van der Waals surface area contributed by atoms with Gasteiger partial charge in [-0.05, 0) is 12.8 Å². The highest BCUT2D eigenvalue weighted by Gasteiger charge is 2.41. The van der Waals surface area contributed by atoms with Gasteiger partial charge in [0.15, 0.2) is 0 Å². The van der Waals surface area contributed by atoms with Gasteiger partial charge in [-0.2, -0.15) is 13.2 Å². The molecule has 0 aromatic carbocycles. The zero-order valence-corrected chi connectivity index (χ0v) is 8.46. The smallest absolute Gasteiger partial charge is 0.304 e. The first-order valence-electron chi connectivity index (χ1n) is 4.31. The third-order valence-corrected chi connectivity index (χ3v) is 2.60. The van der Waals surface area contributed by atoms with E-state index in [0.29, 0.717) is 0 Å². The van der Waals surface area contributed by atoms with Gasteiger partial charge in [0.25, 0.3) is 0 Å². The van der Waals surface area contributed by atoms with Gasteiger partial charge in [-0.15, -0.1) is 0 Å². The standard InChI is InChI=1S/C9H9F4NS/c10-7-3-5(8(14)4-15)1-2-6(7)9(11,12)13/h2,4-5,7,14H,1,3H2. The minimum atomic E-state index is -4.61. The first-order valence-corrected chi connectivity index (χ1v) is 4.78. The lowest BCUT2D eigenvalue weighted by Crippen LogP contribution is -2.29. The van der Waals surface area contributed by atoms with E-state index in [2.05, 4.69) is 12.2 Å². The maximum Gasteiger partial charge on any atom is 0.415 e. The van der Waals surface area contributed by atoms with E-state index in [9.17, 15) is 17.6 Å². The van der Waals surface area contributed by atoms with Crippen LogP contribution in [-0.4, -0.2) is 23.4 Å². The Bertz CT molecular complexity index is 308. The van der Waals surface area contributed by atoms with Crippen LogP contribution in [-0.2, 0) is 0 Å². The van der Waals surface area contributed by atoms with Crippen LogP contribution in [0, 0.1) is 11.3 Å². The van der Waals surface area contributed by atoms with Crippen molar-refractivity contribution in [3.05, 3.63) is 11.6 Å². The summed E-state index contributed by atoms with van der Waals surface area (Å²) in [4.78, 5) is 0. The molecule has 0 radical (unpaired) electrons. The maximum atomic E-state index is 13.2. The third kappa shape index (κ3) is 2.84. The Labute approximate surface area is 89.7 Å². The van der Waals surface area contributed by atoms with Crippen molar-refractivity contribution in [2.45, 2.75) is 25.2 Å². The number of thiocarbonyl (C=S) groups is 1. The summed E-state index contributed by atoms with van der Waals surface area (Å²) in [6, 6.07) is 0. The fraction of sp³-hybridized carbons (Fsp3) is 0.556. The predicted molar refractivity (Wildman–Crippen MR) is 53.1 cm³/mol. The molecule has 1 aliphatic carbocycles. The van der Waals surface area contributed by atoms with E-state index >= 15 is 0 Å². The molecule has 0 fully saturated rings. The van der Waals surface area contributed by atoms with Gasteiger partial charge < -0.3 is 5.41 Å².